The van der Waals surface area contributed by atoms with Gasteiger partial charge in [-0.1, -0.05) is 36.4 Å². The quantitative estimate of drug-likeness (QED) is 0.641. The summed E-state index contributed by atoms with van der Waals surface area (Å²) in [6, 6.07) is 16.3. The van der Waals surface area contributed by atoms with Crippen molar-refractivity contribution in [2.45, 2.75) is 12.6 Å². The van der Waals surface area contributed by atoms with E-state index in [4.69, 9.17) is 0 Å². The molecule has 156 valence electrons. The molecule has 0 spiro atoms. The molecule has 3 aromatic carbocycles. The largest absolute Gasteiger partial charge is 0.416 e. The molecular weight excluding hydrogens is 391 g/mol. The van der Waals surface area contributed by atoms with Gasteiger partial charge in [0, 0.05) is 25.2 Å². The fourth-order valence-corrected chi connectivity index (χ4v) is 3.79. The third kappa shape index (κ3) is 4.26. The van der Waals surface area contributed by atoms with Crippen LogP contribution in [0.2, 0.25) is 0 Å². The van der Waals surface area contributed by atoms with Crippen molar-refractivity contribution in [2.24, 2.45) is 0 Å². The lowest BCUT2D eigenvalue weighted by Gasteiger charge is -2.26. The number of nitrogens with zero attached hydrogens (tertiary/aromatic N) is 1. The normalized spacial score (nSPS) is 15.1. The van der Waals surface area contributed by atoms with E-state index in [2.05, 4.69) is 10.6 Å². The number of halogens is 3. The van der Waals surface area contributed by atoms with Gasteiger partial charge in [0.15, 0.2) is 0 Å². The SMILES string of the molecule is O=C(Nc1cc(C(F)(F)F)ccc1N1CCCNCC1)c1cccc2ccccc12. The van der Waals surface area contributed by atoms with Gasteiger partial charge in [0.05, 0.1) is 16.9 Å². The van der Waals surface area contributed by atoms with Crippen LogP contribution in [-0.4, -0.2) is 32.1 Å². The van der Waals surface area contributed by atoms with Gasteiger partial charge < -0.3 is 15.5 Å². The fourth-order valence-electron chi connectivity index (χ4n) is 3.79. The van der Waals surface area contributed by atoms with E-state index < -0.39 is 17.6 Å². The molecular formula is C23H22F3N3O. The maximum Gasteiger partial charge on any atom is 0.416 e. The van der Waals surface area contributed by atoms with Crippen molar-refractivity contribution in [2.75, 3.05) is 36.4 Å². The van der Waals surface area contributed by atoms with Gasteiger partial charge in [-0.3, -0.25) is 4.79 Å². The summed E-state index contributed by atoms with van der Waals surface area (Å²) < 4.78 is 40.0. The molecule has 7 heteroatoms. The topological polar surface area (TPSA) is 44.4 Å². The smallest absolute Gasteiger partial charge is 0.369 e. The van der Waals surface area contributed by atoms with Gasteiger partial charge in [0.25, 0.3) is 5.91 Å². The van der Waals surface area contributed by atoms with Crippen LogP contribution in [0.1, 0.15) is 22.3 Å². The lowest BCUT2D eigenvalue weighted by atomic mass is 10.0. The van der Waals surface area contributed by atoms with Crippen LogP contribution >= 0.6 is 0 Å². The summed E-state index contributed by atoms with van der Waals surface area (Å²) >= 11 is 0. The number of fused-ring (bicyclic) bond motifs is 1. The number of carbonyl (C=O) groups is 1. The van der Waals surface area contributed by atoms with Crippen LogP contribution < -0.4 is 15.5 Å². The Bertz CT molecular complexity index is 1050. The number of benzene rings is 3. The van der Waals surface area contributed by atoms with Gasteiger partial charge in [-0.05, 0) is 48.0 Å². The molecule has 1 saturated heterocycles. The monoisotopic (exact) mass is 413 g/mol. The van der Waals surface area contributed by atoms with E-state index in [0.717, 1.165) is 42.4 Å². The zero-order valence-electron chi connectivity index (χ0n) is 16.3. The van der Waals surface area contributed by atoms with Crippen LogP contribution in [0.5, 0.6) is 0 Å². The average Bonchev–Trinajstić information content (AvgIpc) is 3.02. The summed E-state index contributed by atoms with van der Waals surface area (Å²) in [5.41, 5.74) is 0.409. The maximum atomic E-state index is 13.3. The second-order valence-corrected chi connectivity index (χ2v) is 7.30. The molecule has 0 atom stereocenters. The van der Waals surface area contributed by atoms with Crippen molar-refractivity contribution < 1.29 is 18.0 Å². The first-order chi connectivity index (χ1) is 14.4. The number of hydrogen-bond acceptors (Lipinski definition) is 3. The summed E-state index contributed by atoms with van der Waals surface area (Å²) in [6.45, 7) is 2.95. The van der Waals surface area contributed by atoms with Crippen LogP contribution in [-0.2, 0) is 6.18 Å². The Morgan fingerprint density at radius 3 is 2.60 bits per heavy atom. The van der Waals surface area contributed by atoms with Gasteiger partial charge in [-0.2, -0.15) is 13.2 Å². The summed E-state index contributed by atoms with van der Waals surface area (Å²) in [5.74, 6) is -0.430. The Balaban J connectivity index is 1.72. The number of rotatable bonds is 3. The van der Waals surface area contributed by atoms with Crippen LogP contribution in [0.25, 0.3) is 10.8 Å². The first kappa shape index (κ1) is 20.2. The van der Waals surface area contributed by atoms with Gasteiger partial charge >= 0.3 is 6.18 Å². The lowest BCUT2D eigenvalue weighted by Crippen LogP contribution is -2.29. The molecule has 0 aromatic heterocycles. The Hall–Kier alpha value is -3.06. The molecule has 1 heterocycles. The van der Waals surface area contributed by atoms with Crippen LogP contribution in [0.3, 0.4) is 0 Å². The van der Waals surface area contributed by atoms with Crippen molar-refractivity contribution in [1.29, 1.82) is 0 Å². The summed E-state index contributed by atoms with van der Waals surface area (Å²) in [7, 11) is 0. The second-order valence-electron chi connectivity index (χ2n) is 7.30. The fraction of sp³-hybridized carbons (Fsp3) is 0.261. The molecule has 1 aliphatic rings. The van der Waals surface area contributed by atoms with E-state index in [1.54, 1.807) is 12.1 Å². The average molecular weight is 413 g/mol. The number of amides is 1. The first-order valence-electron chi connectivity index (χ1n) is 9.89. The maximum absolute atomic E-state index is 13.3. The zero-order valence-corrected chi connectivity index (χ0v) is 16.3. The minimum Gasteiger partial charge on any atom is -0.369 e. The van der Waals surface area contributed by atoms with Crippen molar-refractivity contribution in [1.82, 2.24) is 5.32 Å². The van der Waals surface area contributed by atoms with E-state index in [9.17, 15) is 18.0 Å². The molecule has 1 aliphatic heterocycles. The highest BCUT2D eigenvalue weighted by molar-refractivity contribution is 6.13. The summed E-state index contributed by atoms with van der Waals surface area (Å²) in [4.78, 5) is 15.1. The highest BCUT2D eigenvalue weighted by atomic mass is 19.4. The predicted octanol–water partition coefficient (Wildman–Crippen LogP) is 4.91. The van der Waals surface area contributed by atoms with E-state index in [1.165, 1.54) is 6.07 Å². The molecule has 0 aliphatic carbocycles. The van der Waals surface area contributed by atoms with Crippen molar-refractivity contribution in [3.63, 3.8) is 0 Å². The molecule has 3 aromatic rings. The van der Waals surface area contributed by atoms with Crippen LogP contribution in [0.4, 0.5) is 24.5 Å². The zero-order chi connectivity index (χ0) is 21.1. The first-order valence-corrected chi connectivity index (χ1v) is 9.89. The number of alkyl halides is 3. The third-order valence-corrected chi connectivity index (χ3v) is 5.29. The molecule has 0 unspecified atom stereocenters. The van der Waals surface area contributed by atoms with E-state index >= 15 is 0 Å². The minimum absolute atomic E-state index is 0.171. The molecule has 30 heavy (non-hydrogen) atoms. The third-order valence-electron chi connectivity index (χ3n) is 5.29. The number of hydrogen-bond donors (Lipinski definition) is 2. The molecule has 0 bridgehead atoms. The number of anilines is 2. The highest BCUT2D eigenvalue weighted by Crippen LogP contribution is 2.36. The molecule has 0 radical (unpaired) electrons. The Morgan fingerprint density at radius 2 is 1.77 bits per heavy atom. The Kier molecular flexibility index (Phi) is 5.63. The van der Waals surface area contributed by atoms with Gasteiger partial charge in [-0.25, -0.2) is 0 Å². The van der Waals surface area contributed by atoms with Crippen LogP contribution in [0.15, 0.2) is 60.7 Å². The summed E-state index contributed by atoms with van der Waals surface area (Å²) in [5, 5.41) is 7.68. The van der Waals surface area contributed by atoms with Crippen molar-refractivity contribution in [3.05, 3.63) is 71.8 Å². The highest BCUT2D eigenvalue weighted by Gasteiger charge is 2.32. The van der Waals surface area contributed by atoms with E-state index in [0.29, 0.717) is 24.3 Å². The number of carbonyl (C=O) groups excluding carboxylic acids is 1. The van der Waals surface area contributed by atoms with Gasteiger partial charge in [0.1, 0.15) is 0 Å². The lowest BCUT2D eigenvalue weighted by molar-refractivity contribution is -0.137. The van der Waals surface area contributed by atoms with Crippen molar-refractivity contribution >= 4 is 28.1 Å². The Labute approximate surface area is 172 Å². The van der Waals surface area contributed by atoms with Crippen LogP contribution in [0, 0.1) is 0 Å². The predicted molar refractivity (Wildman–Crippen MR) is 113 cm³/mol. The van der Waals surface area contributed by atoms with E-state index in [-0.39, 0.29) is 5.69 Å². The molecule has 4 rings (SSSR count). The van der Waals surface area contributed by atoms with Gasteiger partial charge in [-0.15, -0.1) is 0 Å². The van der Waals surface area contributed by atoms with Crippen molar-refractivity contribution in [3.8, 4) is 0 Å². The second kappa shape index (κ2) is 8.36. The van der Waals surface area contributed by atoms with E-state index in [1.807, 2.05) is 35.2 Å². The molecule has 1 amide bonds. The summed E-state index contributed by atoms with van der Waals surface area (Å²) in [6.07, 6.45) is -3.62. The molecule has 2 N–H and O–H groups in total. The standard InChI is InChI=1S/C23H22F3N3O/c24-23(25,26)17-9-10-21(29-13-4-11-27-12-14-29)20(15-17)28-22(30)19-8-3-6-16-5-1-2-7-18(16)19/h1-3,5-10,15,27H,4,11-14H2,(H,28,30). The minimum atomic E-state index is -4.49. The molecule has 0 saturated carbocycles. The molecule has 4 nitrogen and oxygen atoms in total. The van der Waals surface area contributed by atoms with Gasteiger partial charge in [0.2, 0.25) is 0 Å². The molecule has 1 fully saturated rings. The Morgan fingerprint density at radius 1 is 0.967 bits per heavy atom. The number of nitrogens with one attached hydrogen (secondary N) is 2.